The monoisotopic (exact) mass is 464 g/mol. The molecule has 0 fully saturated rings. The second kappa shape index (κ2) is 9.67. The number of nitrogens with zero attached hydrogens (tertiary/aromatic N) is 1. The van der Waals surface area contributed by atoms with E-state index in [4.69, 9.17) is 4.74 Å². The second-order valence-electron chi connectivity index (χ2n) is 8.08. The molecule has 1 heterocycles. The Morgan fingerprint density at radius 2 is 1.79 bits per heavy atom. The van der Waals surface area contributed by atoms with Gasteiger partial charge in [0.05, 0.1) is 10.6 Å². The molecule has 172 valence electrons. The number of nitrogens with one attached hydrogen (secondary N) is 1. The van der Waals surface area contributed by atoms with Crippen molar-refractivity contribution in [2.75, 3.05) is 22.8 Å². The predicted molar refractivity (Wildman–Crippen MR) is 130 cm³/mol. The minimum Gasteiger partial charge on any atom is -0.484 e. The number of carbonyl (C=O) groups is 1. The number of hydrogen-bond acceptors (Lipinski definition) is 4. The van der Waals surface area contributed by atoms with E-state index in [1.807, 2.05) is 56.3 Å². The van der Waals surface area contributed by atoms with E-state index in [0.29, 0.717) is 12.3 Å². The third-order valence-electron chi connectivity index (χ3n) is 5.85. The highest BCUT2D eigenvalue weighted by Gasteiger charge is 2.28. The largest absolute Gasteiger partial charge is 0.484 e. The summed E-state index contributed by atoms with van der Waals surface area (Å²) in [5.74, 6) is 0.171. The van der Waals surface area contributed by atoms with E-state index >= 15 is 0 Å². The fraction of sp³-hybridized carbons (Fsp3) is 0.269. The Balaban J connectivity index is 1.42. The van der Waals surface area contributed by atoms with Crippen LogP contribution in [0.3, 0.4) is 0 Å². The van der Waals surface area contributed by atoms with Gasteiger partial charge in [-0.2, -0.15) is 0 Å². The molecule has 3 aromatic rings. The standard InChI is InChI=1S/C26H28N2O4S/c1-3-20-10-6-8-19(2)26(20)27-25(29)18-32-22-13-15-23(16-14-22)33(30,31)28-17-7-11-21-9-4-5-12-24(21)28/h4-6,8-10,12-16H,3,7,11,17-18H2,1-2H3,(H,27,29). The molecule has 0 spiro atoms. The summed E-state index contributed by atoms with van der Waals surface area (Å²) >= 11 is 0. The minimum atomic E-state index is -3.68. The van der Waals surface area contributed by atoms with E-state index in [1.165, 1.54) is 16.4 Å². The van der Waals surface area contributed by atoms with Gasteiger partial charge < -0.3 is 10.1 Å². The van der Waals surface area contributed by atoms with Crippen molar-refractivity contribution in [2.45, 2.75) is 38.0 Å². The molecule has 0 bridgehead atoms. The molecular weight excluding hydrogens is 436 g/mol. The summed E-state index contributed by atoms with van der Waals surface area (Å²) in [5.41, 5.74) is 4.66. The van der Waals surface area contributed by atoms with Crippen molar-refractivity contribution in [3.05, 3.63) is 83.4 Å². The van der Waals surface area contributed by atoms with Crippen LogP contribution in [-0.2, 0) is 27.7 Å². The molecule has 33 heavy (non-hydrogen) atoms. The number of sulfonamides is 1. The van der Waals surface area contributed by atoms with Crippen LogP contribution in [0.15, 0.2) is 71.6 Å². The Morgan fingerprint density at radius 3 is 2.55 bits per heavy atom. The summed E-state index contributed by atoms with van der Waals surface area (Å²) in [7, 11) is -3.68. The van der Waals surface area contributed by atoms with Gasteiger partial charge in [-0.15, -0.1) is 0 Å². The Hall–Kier alpha value is -3.32. The molecule has 1 aliphatic rings. The van der Waals surface area contributed by atoms with Crippen molar-refractivity contribution >= 4 is 27.3 Å². The van der Waals surface area contributed by atoms with Gasteiger partial charge in [-0.3, -0.25) is 9.10 Å². The zero-order valence-corrected chi connectivity index (χ0v) is 19.7. The van der Waals surface area contributed by atoms with Crippen molar-refractivity contribution in [1.82, 2.24) is 0 Å². The molecule has 4 rings (SSSR count). The molecule has 0 aromatic heterocycles. The minimum absolute atomic E-state index is 0.164. The molecule has 0 saturated carbocycles. The first-order chi connectivity index (χ1) is 15.9. The molecule has 7 heteroatoms. The molecule has 1 aliphatic heterocycles. The van der Waals surface area contributed by atoms with Gasteiger partial charge in [0, 0.05) is 12.2 Å². The Bertz CT molecular complexity index is 1250. The number of benzene rings is 3. The number of fused-ring (bicyclic) bond motifs is 1. The lowest BCUT2D eigenvalue weighted by molar-refractivity contribution is -0.118. The first-order valence-electron chi connectivity index (χ1n) is 11.1. The maximum Gasteiger partial charge on any atom is 0.264 e. The number of hydrogen-bond donors (Lipinski definition) is 1. The van der Waals surface area contributed by atoms with Gasteiger partial charge in [0.15, 0.2) is 6.61 Å². The SMILES string of the molecule is CCc1cccc(C)c1NC(=O)COc1ccc(S(=O)(=O)N2CCCc3ccccc32)cc1. The fourth-order valence-electron chi connectivity index (χ4n) is 4.11. The van der Waals surface area contributed by atoms with E-state index in [2.05, 4.69) is 5.32 Å². The molecule has 1 amide bonds. The lowest BCUT2D eigenvalue weighted by Gasteiger charge is -2.30. The number of rotatable bonds is 7. The lowest BCUT2D eigenvalue weighted by Crippen LogP contribution is -2.35. The van der Waals surface area contributed by atoms with E-state index in [9.17, 15) is 13.2 Å². The zero-order valence-electron chi connectivity index (χ0n) is 18.9. The highest BCUT2D eigenvalue weighted by Crippen LogP contribution is 2.32. The van der Waals surface area contributed by atoms with Crippen LogP contribution in [0.1, 0.15) is 30.0 Å². The predicted octanol–water partition coefficient (Wildman–Crippen LogP) is 4.72. The van der Waals surface area contributed by atoms with E-state index in [1.54, 1.807) is 12.1 Å². The molecule has 0 unspecified atom stereocenters. The molecule has 1 N–H and O–H groups in total. The van der Waals surface area contributed by atoms with Crippen LogP contribution in [0, 0.1) is 6.92 Å². The quantitative estimate of drug-likeness (QED) is 0.549. The van der Waals surface area contributed by atoms with Gasteiger partial charge in [0.2, 0.25) is 0 Å². The fourth-order valence-corrected chi connectivity index (χ4v) is 5.65. The molecule has 0 saturated heterocycles. The van der Waals surface area contributed by atoms with Crippen LogP contribution in [0.4, 0.5) is 11.4 Å². The molecule has 3 aromatic carbocycles. The number of aryl methyl sites for hydroxylation is 3. The van der Waals surface area contributed by atoms with Gasteiger partial charge in [-0.05, 0) is 73.2 Å². The first kappa shape index (κ1) is 22.9. The zero-order chi connectivity index (χ0) is 23.4. The molecular formula is C26H28N2O4S. The Labute approximate surface area is 195 Å². The van der Waals surface area contributed by atoms with E-state index < -0.39 is 10.0 Å². The Morgan fingerprint density at radius 1 is 1.03 bits per heavy atom. The van der Waals surface area contributed by atoms with Crippen LogP contribution in [0.2, 0.25) is 0 Å². The van der Waals surface area contributed by atoms with E-state index in [0.717, 1.165) is 47.3 Å². The highest BCUT2D eigenvalue weighted by molar-refractivity contribution is 7.92. The molecule has 0 aliphatic carbocycles. The number of carbonyl (C=O) groups excluding carboxylic acids is 1. The summed E-state index contributed by atoms with van der Waals surface area (Å²) in [6.45, 7) is 4.29. The molecule has 0 atom stereocenters. The van der Waals surface area contributed by atoms with Crippen molar-refractivity contribution in [3.63, 3.8) is 0 Å². The number of para-hydroxylation sites is 2. The van der Waals surface area contributed by atoms with Crippen LogP contribution >= 0.6 is 0 Å². The third-order valence-corrected chi connectivity index (χ3v) is 7.68. The van der Waals surface area contributed by atoms with Crippen molar-refractivity contribution in [1.29, 1.82) is 0 Å². The van der Waals surface area contributed by atoms with Gasteiger partial charge in [-0.1, -0.05) is 43.3 Å². The van der Waals surface area contributed by atoms with Gasteiger partial charge >= 0.3 is 0 Å². The van der Waals surface area contributed by atoms with Crippen LogP contribution < -0.4 is 14.4 Å². The van der Waals surface area contributed by atoms with Crippen molar-refractivity contribution < 1.29 is 17.9 Å². The highest BCUT2D eigenvalue weighted by atomic mass is 32.2. The maximum absolute atomic E-state index is 13.2. The summed E-state index contributed by atoms with van der Waals surface area (Å²) in [4.78, 5) is 12.6. The normalized spacial score (nSPS) is 13.3. The first-order valence-corrected chi connectivity index (χ1v) is 12.6. The van der Waals surface area contributed by atoms with Crippen LogP contribution in [-0.4, -0.2) is 27.5 Å². The summed E-state index contributed by atoms with van der Waals surface area (Å²) in [5, 5.41) is 2.92. The topological polar surface area (TPSA) is 75.7 Å². The number of ether oxygens (including phenoxy) is 1. The average molecular weight is 465 g/mol. The van der Waals surface area contributed by atoms with Crippen molar-refractivity contribution in [2.24, 2.45) is 0 Å². The summed E-state index contributed by atoms with van der Waals surface area (Å²) in [6.07, 6.45) is 2.47. The third kappa shape index (κ3) is 4.88. The number of anilines is 2. The summed E-state index contributed by atoms with van der Waals surface area (Å²) < 4.78 is 33.6. The Kier molecular flexibility index (Phi) is 6.70. The molecule has 0 radical (unpaired) electrons. The molecule has 6 nitrogen and oxygen atoms in total. The van der Waals surface area contributed by atoms with Gasteiger partial charge in [0.25, 0.3) is 15.9 Å². The van der Waals surface area contributed by atoms with Crippen molar-refractivity contribution in [3.8, 4) is 5.75 Å². The van der Waals surface area contributed by atoms with Crippen LogP contribution in [0.5, 0.6) is 5.75 Å². The maximum atomic E-state index is 13.2. The lowest BCUT2D eigenvalue weighted by atomic mass is 10.0. The van der Waals surface area contributed by atoms with E-state index in [-0.39, 0.29) is 17.4 Å². The van der Waals surface area contributed by atoms with Gasteiger partial charge in [0.1, 0.15) is 5.75 Å². The average Bonchev–Trinajstić information content (AvgIpc) is 2.84. The number of amides is 1. The summed E-state index contributed by atoms with van der Waals surface area (Å²) in [6, 6.07) is 19.7. The second-order valence-corrected chi connectivity index (χ2v) is 9.94. The van der Waals surface area contributed by atoms with Gasteiger partial charge in [-0.25, -0.2) is 8.42 Å². The van der Waals surface area contributed by atoms with Crippen LogP contribution in [0.25, 0.3) is 0 Å². The smallest absolute Gasteiger partial charge is 0.264 e.